The van der Waals surface area contributed by atoms with E-state index in [1.807, 2.05) is 30.3 Å². The molecule has 2 N–H and O–H groups in total. The maximum Gasteiger partial charge on any atom is 0.119 e. The van der Waals surface area contributed by atoms with Gasteiger partial charge in [-0.2, -0.15) is 0 Å². The van der Waals surface area contributed by atoms with E-state index in [1.54, 1.807) is 19.2 Å². The molecule has 1 atom stereocenters. The molecule has 0 unspecified atom stereocenters. The van der Waals surface area contributed by atoms with Crippen LogP contribution in [0.1, 0.15) is 24.1 Å². The van der Waals surface area contributed by atoms with Crippen molar-refractivity contribution in [3.05, 3.63) is 59.7 Å². The fourth-order valence-corrected chi connectivity index (χ4v) is 1.97. The molecule has 19 heavy (non-hydrogen) atoms. The molecule has 0 heterocycles. The second kappa shape index (κ2) is 6.25. The molecule has 0 saturated carbocycles. The van der Waals surface area contributed by atoms with Crippen LogP contribution in [0.2, 0.25) is 0 Å². The summed E-state index contributed by atoms with van der Waals surface area (Å²) < 4.78 is 5.22. The van der Waals surface area contributed by atoms with Gasteiger partial charge < -0.3 is 15.2 Å². The molecule has 0 fully saturated rings. The van der Waals surface area contributed by atoms with Gasteiger partial charge >= 0.3 is 0 Å². The standard InChI is InChI=1S/C16H19NO2/c1-12(14-6-4-8-16(10-14)19-2)17-11-13-5-3-7-15(18)9-13/h3-10,12,17-18H,11H2,1-2H3/t12-/m0/s1. The monoisotopic (exact) mass is 257 g/mol. The molecule has 0 amide bonds. The lowest BCUT2D eigenvalue weighted by atomic mass is 10.1. The smallest absolute Gasteiger partial charge is 0.119 e. The lowest BCUT2D eigenvalue weighted by molar-refractivity contribution is 0.413. The Kier molecular flexibility index (Phi) is 4.42. The van der Waals surface area contributed by atoms with Crippen molar-refractivity contribution in [3.63, 3.8) is 0 Å². The zero-order chi connectivity index (χ0) is 13.7. The largest absolute Gasteiger partial charge is 0.508 e. The number of nitrogens with one attached hydrogen (secondary N) is 1. The number of phenols is 1. The molecule has 3 heteroatoms. The van der Waals surface area contributed by atoms with E-state index in [-0.39, 0.29) is 6.04 Å². The van der Waals surface area contributed by atoms with Gasteiger partial charge in [-0.25, -0.2) is 0 Å². The molecular formula is C16H19NO2. The molecule has 0 spiro atoms. The number of hydrogen-bond acceptors (Lipinski definition) is 3. The summed E-state index contributed by atoms with van der Waals surface area (Å²) in [6.45, 7) is 2.82. The van der Waals surface area contributed by atoms with Crippen LogP contribution in [0, 0.1) is 0 Å². The number of methoxy groups -OCH3 is 1. The Morgan fingerprint density at radius 1 is 1.16 bits per heavy atom. The molecule has 0 aliphatic carbocycles. The summed E-state index contributed by atoms with van der Waals surface area (Å²) in [7, 11) is 1.67. The minimum Gasteiger partial charge on any atom is -0.508 e. The van der Waals surface area contributed by atoms with Crippen LogP contribution in [0.3, 0.4) is 0 Å². The predicted octanol–water partition coefficient (Wildman–Crippen LogP) is 3.25. The molecule has 100 valence electrons. The Bertz CT molecular complexity index is 540. The van der Waals surface area contributed by atoms with E-state index < -0.39 is 0 Å². The normalized spacial score (nSPS) is 12.1. The lowest BCUT2D eigenvalue weighted by Gasteiger charge is -2.15. The van der Waals surface area contributed by atoms with Crippen molar-refractivity contribution in [2.75, 3.05) is 7.11 Å². The van der Waals surface area contributed by atoms with Crippen molar-refractivity contribution in [2.24, 2.45) is 0 Å². The first-order valence-corrected chi connectivity index (χ1v) is 6.34. The lowest BCUT2D eigenvalue weighted by Crippen LogP contribution is -2.18. The van der Waals surface area contributed by atoms with E-state index in [2.05, 4.69) is 18.3 Å². The SMILES string of the molecule is COc1cccc([C@H](C)NCc2cccc(O)c2)c1. The Morgan fingerprint density at radius 2 is 1.95 bits per heavy atom. The molecule has 3 nitrogen and oxygen atoms in total. The van der Waals surface area contributed by atoms with E-state index in [1.165, 1.54) is 5.56 Å². The molecule has 0 aliphatic rings. The molecule has 0 radical (unpaired) electrons. The van der Waals surface area contributed by atoms with E-state index in [9.17, 15) is 5.11 Å². The van der Waals surface area contributed by atoms with Gasteiger partial charge in [0.2, 0.25) is 0 Å². The fraction of sp³-hybridized carbons (Fsp3) is 0.250. The van der Waals surface area contributed by atoms with Crippen LogP contribution in [0.4, 0.5) is 0 Å². The third-order valence-electron chi connectivity index (χ3n) is 3.12. The summed E-state index contributed by atoms with van der Waals surface area (Å²) in [6.07, 6.45) is 0. The van der Waals surface area contributed by atoms with Crippen molar-refractivity contribution in [1.29, 1.82) is 0 Å². The summed E-state index contributed by atoms with van der Waals surface area (Å²) in [6, 6.07) is 15.5. The maximum atomic E-state index is 9.42. The molecule has 0 saturated heterocycles. The van der Waals surface area contributed by atoms with Crippen molar-refractivity contribution in [1.82, 2.24) is 5.32 Å². The number of rotatable bonds is 5. The number of benzene rings is 2. The number of hydrogen-bond donors (Lipinski definition) is 2. The van der Waals surface area contributed by atoms with Gasteiger partial charge in [0.25, 0.3) is 0 Å². The highest BCUT2D eigenvalue weighted by Gasteiger charge is 2.06. The third kappa shape index (κ3) is 3.73. The van der Waals surface area contributed by atoms with Gasteiger partial charge in [-0.3, -0.25) is 0 Å². The Labute approximate surface area is 113 Å². The van der Waals surface area contributed by atoms with Crippen molar-refractivity contribution in [2.45, 2.75) is 19.5 Å². The van der Waals surface area contributed by atoms with Crippen LogP contribution in [0.5, 0.6) is 11.5 Å². The number of aromatic hydroxyl groups is 1. The highest BCUT2D eigenvalue weighted by atomic mass is 16.5. The van der Waals surface area contributed by atoms with Crippen molar-refractivity contribution >= 4 is 0 Å². The maximum absolute atomic E-state index is 9.42. The summed E-state index contributed by atoms with van der Waals surface area (Å²) in [4.78, 5) is 0. The van der Waals surface area contributed by atoms with E-state index in [0.29, 0.717) is 12.3 Å². The molecule has 0 bridgehead atoms. The van der Waals surface area contributed by atoms with Gasteiger partial charge in [0.15, 0.2) is 0 Å². The summed E-state index contributed by atoms with van der Waals surface area (Å²) in [5, 5.41) is 12.8. The van der Waals surface area contributed by atoms with Crippen molar-refractivity contribution in [3.8, 4) is 11.5 Å². The quantitative estimate of drug-likeness (QED) is 0.864. The molecule has 2 aromatic rings. The van der Waals surface area contributed by atoms with E-state index >= 15 is 0 Å². The van der Waals surface area contributed by atoms with Crippen LogP contribution >= 0.6 is 0 Å². The summed E-state index contributed by atoms with van der Waals surface area (Å²) in [5.41, 5.74) is 2.24. The summed E-state index contributed by atoms with van der Waals surface area (Å²) in [5.74, 6) is 1.16. The molecule has 0 aliphatic heterocycles. The van der Waals surface area contributed by atoms with E-state index in [0.717, 1.165) is 11.3 Å². The van der Waals surface area contributed by atoms with Gasteiger partial charge in [0.1, 0.15) is 11.5 Å². The zero-order valence-electron chi connectivity index (χ0n) is 11.3. The fourth-order valence-electron chi connectivity index (χ4n) is 1.97. The van der Waals surface area contributed by atoms with Gasteiger partial charge in [0.05, 0.1) is 7.11 Å². The highest BCUT2D eigenvalue weighted by molar-refractivity contribution is 5.31. The first kappa shape index (κ1) is 13.4. The molecule has 0 aromatic heterocycles. The molecule has 2 rings (SSSR count). The van der Waals surface area contributed by atoms with Gasteiger partial charge in [0, 0.05) is 12.6 Å². The minimum atomic E-state index is 0.220. The van der Waals surface area contributed by atoms with Crippen LogP contribution in [-0.2, 0) is 6.54 Å². The van der Waals surface area contributed by atoms with Gasteiger partial charge in [-0.05, 0) is 42.3 Å². The van der Waals surface area contributed by atoms with Crippen molar-refractivity contribution < 1.29 is 9.84 Å². The average molecular weight is 257 g/mol. The van der Waals surface area contributed by atoms with Crippen LogP contribution < -0.4 is 10.1 Å². The molecule has 2 aromatic carbocycles. The third-order valence-corrected chi connectivity index (χ3v) is 3.12. The van der Waals surface area contributed by atoms with Crippen LogP contribution in [-0.4, -0.2) is 12.2 Å². The number of phenolic OH excluding ortho intramolecular Hbond substituents is 1. The second-order valence-corrected chi connectivity index (χ2v) is 4.55. The van der Waals surface area contributed by atoms with Gasteiger partial charge in [-0.1, -0.05) is 24.3 Å². The first-order chi connectivity index (χ1) is 9.19. The second-order valence-electron chi connectivity index (χ2n) is 4.55. The van der Waals surface area contributed by atoms with Crippen LogP contribution in [0.15, 0.2) is 48.5 Å². The predicted molar refractivity (Wildman–Crippen MR) is 76.4 cm³/mol. The first-order valence-electron chi connectivity index (χ1n) is 6.34. The topological polar surface area (TPSA) is 41.5 Å². The average Bonchev–Trinajstić information content (AvgIpc) is 2.45. The Hall–Kier alpha value is -2.00. The van der Waals surface area contributed by atoms with E-state index in [4.69, 9.17) is 4.74 Å². The van der Waals surface area contributed by atoms with Gasteiger partial charge in [-0.15, -0.1) is 0 Å². The minimum absolute atomic E-state index is 0.220. The Balaban J connectivity index is 1.99. The zero-order valence-corrected chi connectivity index (χ0v) is 11.3. The highest BCUT2D eigenvalue weighted by Crippen LogP contribution is 2.19. The molecular weight excluding hydrogens is 238 g/mol. The number of ether oxygens (including phenoxy) is 1. The Morgan fingerprint density at radius 3 is 2.68 bits per heavy atom. The summed E-state index contributed by atoms with van der Waals surface area (Å²) >= 11 is 0. The van der Waals surface area contributed by atoms with Crippen LogP contribution in [0.25, 0.3) is 0 Å².